The van der Waals surface area contributed by atoms with Crippen molar-refractivity contribution in [2.75, 3.05) is 6.54 Å². The third kappa shape index (κ3) is 3.63. The van der Waals surface area contributed by atoms with E-state index in [9.17, 15) is 13.2 Å². The van der Waals surface area contributed by atoms with Gasteiger partial charge in [-0.25, -0.2) is 13.1 Å². The van der Waals surface area contributed by atoms with Gasteiger partial charge in [-0.2, -0.15) is 0 Å². The molecule has 1 aromatic carbocycles. The van der Waals surface area contributed by atoms with Gasteiger partial charge in [0.2, 0.25) is 15.9 Å². The number of nitrogens with zero attached hydrogens (tertiary/aromatic N) is 1. The zero-order valence-electron chi connectivity index (χ0n) is 13.8. The average molecular weight is 377 g/mol. The van der Waals surface area contributed by atoms with E-state index < -0.39 is 10.0 Å². The number of thiophene rings is 1. The molecule has 5 nitrogen and oxygen atoms in total. The van der Waals surface area contributed by atoms with Crippen molar-refractivity contribution in [3.63, 3.8) is 0 Å². The van der Waals surface area contributed by atoms with E-state index in [2.05, 4.69) is 4.72 Å². The van der Waals surface area contributed by atoms with E-state index in [1.54, 1.807) is 6.07 Å². The highest BCUT2D eigenvalue weighted by molar-refractivity contribution is 7.91. The van der Waals surface area contributed by atoms with Gasteiger partial charge in [0.1, 0.15) is 4.21 Å². The lowest BCUT2D eigenvalue weighted by Crippen LogP contribution is -2.36. The molecular weight excluding hydrogens is 356 g/mol. The number of sulfonamides is 1. The van der Waals surface area contributed by atoms with Crippen LogP contribution in [0.3, 0.4) is 0 Å². The molecule has 4 rings (SSSR count). The molecule has 1 aliphatic heterocycles. The van der Waals surface area contributed by atoms with Crippen molar-refractivity contribution in [3.05, 3.63) is 52.4 Å². The van der Waals surface area contributed by atoms with Gasteiger partial charge in [-0.15, -0.1) is 11.3 Å². The minimum Gasteiger partial charge on any atom is -0.338 e. The van der Waals surface area contributed by atoms with Crippen LogP contribution in [0.4, 0.5) is 0 Å². The molecule has 2 heterocycles. The maximum Gasteiger partial charge on any atom is 0.250 e. The maximum atomic E-state index is 12.6. The Morgan fingerprint density at radius 1 is 1.24 bits per heavy atom. The van der Waals surface area contributed by atoms with Crippen molar-refractivity contribution in [1.29, 1.82) is 0 Å². The first-order valence-corrected chi connectivity index (χ1v) is 10.8. The van der Waals surface area contributed by atoms with E-state index in [-0.39, 0.29) is 18.4 Å². The van der Waals surface area contributed by atoms with Gasteiger partial charge in [-0.05, 0) is 36.5 Å². The van der Waals surface area contributed by atoms with Crippen molar-refractivity contribution in [2.24, 2.45) is 5.92 Å². The molecule has 0 radical (unpaired) electrons. The summed E-state index contributed by atoms with van der Waals surface area (Å²) in [5, 5.41) is 0. The monoisotopic (exact) mass is 376 g/mol. The summed E-state index contributed by atoms with van der Waals surface area (Å²) in [5.74, 6) is 0.430. The molecule has 2 aliphatic rings. The topological polar surface area (TPSA) is 66.5 Å². The summed E-state index contributed by atoms with van der Waals surface area (Å²) in [6.07, 6.45) is 2.73. The van der Waals surface area contributed by atoms with Crippen molar-refractivity contribution < 1.29 is 13.2 Å². The fourth-order valence-corrected chi connectivity index (χ4v) is 5.67. The molecule has 1 aromatic heterocycles. The van der Waals surface area contributed by atoms with E-state index in [1.807, 2.05) is 35.2 Å². The molecule has 1 saturated carbocycles. The number of carbonyl (C=O) groups is 1. The smallest absolute Gasteiger partial charge is 0.250 e. The van der Waals surface area contributed by atoms with Crippen molar-refractivity contribution in [1.82, 2.24) is 9.62 Å². The van der Waals surface area contributed by atoms with Gasteiger partial charge in [0.15, 0.2) is 0 Å². The van der Waals surface area contributed by atoms with Crippen molar-refractivity contribution in [3.8, 4) is 0 Å². The predicted molar refractivity (Wildman–Crippen MR) is 96.6 cm³/mol. The molecule has 2 aromatic rings. The van der Waals surface area contributed by atoms with Gasteiger partial charge in [0.05, 0.1) is 0 Å². The summed E-state index contributed by atoms with van der Waals surface area (Å²) in [7, 11) is -3.53. The maximum absolute atomic E-state index is 12.6. The normalized spacial score (nSPS) is 17.4. The highest BCUT2D eigenvalue weighted by atomic mass is 32.2. The Kier molecular flexibility index (Phi) is 4.39. The third-order valence-electron chi connectivity index (χ3n) is 4.66. The molecule has 1 amide bonds. The van der Waals surface area contributed by atoms with Crippen LogP contribution in [0, 0.1) is 5.92 Å². The first-order chi connectivity index (χ1) is 12.0. The predicted octanol–water partition coefficient (Wildman–Crippen LogP) is 2.52. The zero-order chi connectivity index (χ0) is 17.4. The lowest BCUT2D eigenvalue weighted by atomic mass is 10.1. The molecule has 0 unspecified atom stereocenters. The number of hydrogen-bond acceptors (Lipinski definition) is 4. The van der Waals surface area contributed by atoms with E-state index in [1.165, 1.54) is 11.3 Å². The van der Waals surface area contributed by atoms with Gasteiger partial charge in [0.25, 0.3) is 0 Å². The molecule has 0 bridgehead atoms. The Morgan fingerprint density at radius 3 is 2.72 bits per heavy atom. The number of fused-ring (bicyclic) bond motifs is 1. The summed E-state index contributed by atoms with van der Waals surface area (Å²) < 4.78 is 28.2. The van der Waals surface area contributed by atoms with Crippen LogP contribution in [0.1, 0.15) is 28.8 Å². The average Bonchev–Trinajstić information content (AvgIpc) is 3.38. The van der Waals surface area contributed by atoms with Gasteiger partial charge >= 0.3 is 0 Å². The van der Waals surface area contributed by atoms with E-state index in [4.69, 9.17) is 0 Å². The Morgan fingerprint density at radius 2 is 2.00 bits per heavy atom. The quantitative estimate of drug-likeness (QED) is 0.872. The first-order valence-electron chi connectivity index (χ1n) is 8.47. The van der Waals surface area contributed by atoms with Crippen LogP contribution in [0.15, 0.2) is 40.6 Å². The van der Waals surface area contributed by atoms with Gasteiger partial charge in [0, 0.05) is 30.4 Å². The molecule has 1 fully saturated rings. The molecule has 0 atom stereocenters. The number of nitrogens with one attached hydrogen (secondary N) is 1. The molecule has 7 heteroatoms. The van der Waals surface area contributed by atoms with Crippen LogP contribution < -0.4 is 4.72 Å². The molecular formula is C18H20N2O3S2. The second-order valence-corrected chi connectivity index (χ2v) is 9.74. The van der Waals surface area contributed by atoms with Crippen LogP contribution in [0.2, 0.25) is 0 Å². The second kappa shape index (κ2) is 6.55. The molecule has 1 aliphatic carbocycles. The summed E-state index contributed by atoms with van der Waals surface area (Å²) in [4.78, 5) is 15.2. The summed E-state index contributed by atoms with van der Waals surface area (Å²) in [6.45, 7) is 1.51. The Balaban J connectivity index is 1.47. The lowest BCUT2D eigenvalue weighted by Gasteiger charge is -2.26. The van der Waals surface area contributed by atoms with Crippen LogP contribution in [-0.2, 0) is 34.3 Å². The Hall–Kier alpha value is -1.70. The van der Waals surface area contributed by atoms with Gasteiger partial charge < -0.3 is 4.90 Å². The third-order valence-corrected chi connectivity index (χ3v) is 7.77. The number of carbonyl (C=O) groups excluding carboxylic acids is 1. The largest absolute Gasteiger partial charge is 0.338 e. The molecule has 0 saturated heterocycles. The highest BCUT2D eigenvalue weighted by Crippen LogP contribution is 2.35. The van der Waals surface area contributed by atoms with Gasteiger partial charge in [-0.3, -0.25) is 4.79 Å². The lowest BCUT2D eigenvalue weighted by molar-refractivity contribution is -0.133. The molecule has 25 heavy (non-hydrogen) atoms. The second-order valence-electron chi connectivity index (χ2n) is 6.61. The zero-order valence-corrected chi connectivity index (χ0v) is 15.4. The van der Waals surface area contributed by atoms with Gasteiger partial charge in [-0.1, -0.05) is 30.3 Å². The number of amides is 1. The minimum atomic E-state index is -3.53. The molecule has 1 N–H and O–H groups in total. The van der Waals surface area contributed by atoms with E-state index >= 15 is 0 Å². The minimum absolute atomic E-state index is 0.205. The van der Waals surface area contributed by atoms with Crippen molar-refractivity contribution in [2.45, 2.75) is 36.6 Å². The Labute approximate surface area is 151 Å². The van der Waals surface area contributed by atoms with E-state index in [0.717, 1.165) is 35.3 Å². The number of hydrogen-bond donors (Lipinski definition) is 1. The SMILES string of the molecule is O=C(C1CC1)N1CCc2sc(S(=O)(=O)NCc3ccccc3)cc2C1. The van der Waals surface area contributed by atoms with Crippen LogP contribution in [0.25, 0.3) is 0 Å². The van der Waals surface area contributed by atoms with Crippen molar-refractivity contribution >= 4 is 27.3 Å². The number of benzene rings is 1. The fourth-order valence-electron chi connectivity index (χ4n) is 3.06. The molecule has 132 valence electrons. The summed E-state index contributed by atoms with van der Waals surface area (Å²) >= 11 is 1.33. The van der Waals surface area contributed by atoms with Crippen LogP contribution in [0.5, 0.6) is 0 Å². The Bertz CT molecular complexity index is 886. The molecule has 0 spiro atoms. The van der Waals surface area contributed by atoms with E-state index in [0.29, 0.717) is 17.3 Å². The fraction of sp³-hybridized carbons (Fsp3) is 0.389. The summed E-state index contributed by atoms with van der Waals surface area (Å²) in [5.41, 5.74) is 1.90. The first kappa shape index (κ1) is 16.8. The standard InChI is InChI=1S/C18H20N2O3S2/c21-18(14-6-7-14)20-9-8-16-15(12-20)10-17(24-16)25(22,23)19-11-13-4-2-1-3-5-13/h1-5,10,14,19H,6-9,11-12H2. The summed E-state index contributed by atoms with van der Waals surface area (Å²) in [6, 6.07) is 11.2. The van der Waals surface area contributed by atoms with Crippen LogP contribution in [-0.4, -0.2) is 25.8 Å². The van der Waals surface area contributed by atoms with Crippen LogP contribution >= 0.6 is 11.3 Å². The highest BCUT2D eigenvalue weighted by Gasteiger charge is 2.35. The number of rotatable bonds is 5.